The van der Waals surface area contributed by atoms with Gasteiger partial charge in [-0.3, -0.25) is 4.79 Å². The lowest BCUT2D eigenvalue weighted by molar-refractivity contribution is 0.105. The molecule has 0 saturated heterocycles. The smallest absolute Gasteiger partial charge is 0.199 e. The van der Waals surface area contributed by atoms with E-state index >= 15 is 0 Å². The number of aromatic nitrogens is 1. The van der Waals surface area contributed by atoms with Gasteiger partial charge in [0.1, 0.15) is 11.5 Å². The van der Waals surface area contributed by atoms with Gasteiger partial charge in [-0.15, -0.1) is 0 Å². The maximum absolute atomic E-state index is 12.6. The topological polar surface area (TPSA) is 59.4 Å². The van der Waals surface area contributed by atoms with Crippen molar-refractivity contribution in [2.24, 2.45) is 0 Å². The highest BCUT2D eigenvalue weighted by Crippen LogP contribution is 2.36. The molecule has 1 aromatic heterocycles. The first-order valence-electron chi connectivity index (χ1n) is 7.21. The largest absolute Gasteiger partial charge is 0.506 e. The zero-order chi connectivity index (χ0) is 16.0. The Hall–Kier alpha value is -3.14. The minimum atomic E-state index is -0.196. The summed E-state index contributed by atoms with van der Waals surface area (Å²) in [5.74, 6) is 0.544. The normalized spacial score (nSPS) is 13.5. The van der Waals surface area contributed by atoms with E-state index in [4.69, 9.17) is 4.74 Å². The molecule has 4 heteroatoms. The number of aliphatic hydroxyl groups excluding tert-OH is 1. The molecule has 112 valence electrons. The summed E-state index contributed by atoms with van der Waals surface area (Å²) in [5.41, 5.74) is 2.54. The van der Waals surface area contributed by atoms with Crippen LogP contribution in [0.2, 0.25) is 0 Å². The first kappa shape index (κ1) is 13.5. The number of rotatable bonds is 2. The number of hydrogen-bond acceptors (Lipinski definition) is 4. The molecule has 1 heterocycles. The zero-order valence-electron chi connectivity index (χ0n) is 12.4. The van der Waals surface area contributed by atoms with E-state index in [-0.39, 0.29) is 17.1 Å². The number of nitrogens with zero attached hydrogens (tertiary/aromatic N) is 1. The van der Waals surface area contributed by atoms with Gasteiger partial charge >= 0.3 is 0 Å². The number of carbonyl (C=O) groups excluding carboxylic acids is 1. The molecular formula is C19H13NO3. The van der Waals surface area contributed by atoms with Crippen LogP contribution in [-0.2, 0) is 0 Å². The Balaban J connectivity index is 1.87. The highest BCUT2D eigenvalue weighted by molar-refractivity contribution is 6.38. The zero-order valence-corrected chi connectivity index (χ0v) is 12.4. The molecule has 0 bridgehead atoms. The highest BCUT2D eigenvalue weighted by atomic mass is 16.5. The molecule has 3 aromatic rings. The minimum absolute atomic E-state index is 0.00837. The van der Waals surface area contributed by atoms with Gasteiger partial charge in [-0.1, -0.05) is 30.3 Å². The predicted octanol–water partition coefficient (Wildman–Crippen LogP) is 3.87. The quantitative estimate of drug-likeness (QED) is 0.781. The van der Waals surface area contributed by atoms with E-state index in [9.17, 15) is 9.90 Å². The van der Waals surface area contributed by atoms with Crippen molar-refractivity contribution < 1.29 is 14.6 Å². The molecular weight excluding hydrogens is 290 g/mol. The van der Waals surface area contributed by atoms with E-state index in [0.29, 0.717) is 16.8 Å². The van der Waals surface area contributed by atoms with Gasteiger partial charge in [0.25, 0.3) is 0 Å². The van der Waals surface area contributed by atoms with Crippen LogP contribution in [0.3, 0.4) is 0 Å². The second kappa shape index (κ2) is 4.95. The van der Waals surface area contributed by atoms with E-state index in [1.807, 2.05) is 24.3 Å². The molecule has 2 aromatic carbocycles. The lowest BCUT2D eigenvalue weighted by Crippen LogP contribution is -2.00. The Morgan fingerprint density at radius 3 is 2.52 bits per heavy atom. The lowest BCUT2D eigenvalue weighted by Gasteiger charge is -2.05. The van der Waals surface area contributed by atoms with Gasteiger partial charge in [0, 0.05) is 16.5 Å². The number of carbonyl (C=O) groups is 1. The molecule has 0 unspecified atom stereocenters. The number of ketones is 1. The molecule has 0 aliphatic heterocycles. The number of ether oxygens (including phenoxy) is 1. The minimum Gasteiger partial charge on any atom is -0.506 e. The summed E-state index contributed by atoms with van der Waals surface area (Å²) in [4.78, 5) is 17.1. The number of hydrogen-bond donors (Lipinski definition) is 1. The van der Waals surface area contributed by atoms with Crippen LogP contribution >= 0.6 is 0 Å². The maximum Gasteiger partial charge on any atom is 0.199 e. The van der Waals surface area contributed by atoms with Crippen LogP contribution in [-0.4, -0.2) is 23.0 Å². The molecule has 0 radical (unpaired) electrons. The molecule has 1 N–H and O–H groups in total. The van der Waals surface area contributed by atoms with Crippen molar-refractivity contribution in [2.75, 3.05) is 7.11 Å². The first-order valence-corrected chi connectivity index (χ1v) is 7.21. The number of allylic oxidation sites excluding steroid dienone is 1. The van der Waals surface area contributed by atoms with Gasteiger partial charge in [0.05, 0.1) is 23.9 Å². The number of aliphatic hydroxyl groups is 1. The Labute approximate surface area is 132 Å². The number of methoxy groups -OCH3 is 1. The third-order valence-electron chi connectivity index (χ3n) is 4.04. The average Bonchev–Trinajstić information content (AvgIpc) is 2.85. The Bertz CT molecular complexity index is 989. The fourth-order valence-electron chi connectivity index (χ4n) is 2.87. The highest BCUT2D eigenvalue weighted by Gasteiger charge is 2.31. The van der Waals surface area contributed by atoms with E-state index in [1.54, 1.807) is 37.4 Å². The molecule has 0 amide bonds. The molecule has 0 spiro atoms. The molecule has 0 saturated carbocycles. The number of fused-ring (bicyclic) bond motifs is 2. The average molecular weight is 303 g/mol. The Morgan fingerprint density at radius 2 is 1.78 bits per heavy atom. The van der Waals surface area contributed by atoms with Crippen molar-refractivity contribution in [2.45, 2.75) is 0 Å². The molecule has 23 heavy (non-hydrogen) atoms. The molecule has 4 rings (SSSR count). The van der Waals surface area contributed by atoms with Gasteiger partial charge in [-0.2, -0.15) is 0 Å². The summed E-state index contributed by atoms with van der Waals surface area (Å²) in [6.07, 6.45) is 0. The predicted molar refractivity (Wildman–Crippen MR) is 88.5 cm³/mol. The molecule has 1 aliphatic carbocycles. The van der Waals surface area contributed by atoms with Crippen LogP contribution in [0, 0.1) is 0 Å². The van der Waals surface area contributed by atoms with Crippen molar-refractivity contribution in [1.82, 2.24) is 4.98 Å². The van der Waals surface area contributed by atoms with Crippen molar-refractivity contribution in [1.29, 1.82) is 0 Å². The van der Waals surface area contributed by atoms with Crippen LogP contribution in [0.25, 0.3) is 22.2 Å². The monoisotopic (exact) mass is 303 g/mol. The lowest BCUT2D eigenvalue weighted by atomic mass is 10.1. The van der Waals surface area contributed by atoms with Crippen LogP contribution in [0.4, 0.5) is 0 Å². The SMILES string of the molecule is COc1ccc2nc(C3=C(O)c4ccccc4C3=O)ccc2c1. The molecule has 0 fully saturated rings. The standard InChI is InChI=1S/C19H13NO3/c1-23-12-7-9-15-11(10-12)6-8-16(20-15)17-18(21)13-4-2-3-5-14(13)19(17)22/h2-10,21H,1H3. The van der Waals surface area contributed by atoms with Gasteiger partial charge in [0.15, 0.2) is 5.78 Å². The summed E-state index contributed by atoms with van der Waals surface area (Å²) in [5, 5.41) is 11.3. The third-order valence-corrected chi connectivity index (χ3v) is 4.04. The fraction of sp³-hybridized carbons (Fsp3) is 0.0526. The summed E-state index contributed by atoms with van der Waals surface area (Å²) in [6, 6.07) is 16.2. The van der Waals surface area contributed by atoms with E-state index in [2.05, 4.69) is 4.98 Å². The molecule has 4 nitrogen and oxygen atoms in total. The molecule has 1 aliphatic rings. The fourth-order valence-corrected chi connectivity index (χ4v) is 2.87. The van der Waals surface area contributed by atoms with Crippen molar-refractivity contribution >= 4 is 28.0 Å². The third kappa shape index (κ3) is 1.99. The van der Waals surface area contributed by atoms with Crippen molar-refractivity contribution in [3.05, 3.63) is 71.4 Å². The Kier molecular flexibility index (Phi) is 2.91. The van der Waals surface area contributed by atoms with E-state index in [1.165, 1.54) is 0 Å². The summed E-state index contributed by atoms with van der Waals surface area (Å²) < 4.78 is 5.20. The van der Waals surface area contributed by atoms with E-state index in [0.717, 1.165) is 16.7 Å². The van der Waals surface area contributed by atoms with Gasteiger partial charge < -0.3 is 9.84 Å². The van der Waals surface area contributed by atoms with Crippen LogP contribution in [0.1, 0.15) is 21.6 Å². The van der Waals surface area contributed by atoms with Gasteiger partial charge in [0.2, 0.25) is 0 Å². The van der Waals surface area contributed by atoms with E-state index < -0.39 is 0 Å². The summed E-state index contributed by atoms with van der Waals surface area (Å²) in [7, 11) is 1.61. The van der Waals surface area contributed by atoms with Gasteiger partial charge in [-0.25, -0.2) is 4.98 Å². The number of pyridine rings is 1. The van der Waals surface area contributed by atoms with Gasteiger partial charge in [-0.05, 0) is 24.3 Å². The number of benzene rings is 2. The summed E-state index contributed by atoms with van der Waals surface area (Å²) in [6.45, 7) is 0. The molecule has 0 atom stereocenters. The second-order valence-corrected chi connectivity index (χ2v) is 5.35. The first-order chi connectivity index (χ1) is 11.2. The number of Topliss-reactive ketones (excluding diaryl/α,β-unsaturated/α-hetero) is 1. The summed E-state index contributed by atoms with van der Waals surface area (Å²) >= 11 is 0. The van der Waals surface area contributed by atoms with Crippen molar-refractivity contribution in [3.63, 3.8) is 0 Å². The van der Waals surface area contributed by atoms with Crippen LogP contribution in [0.5, 0.6) is 5.75 Å². The van der Waals surface area contributed by atoms with Crippen molar-refractivity contribution in [3.8, 4) is 5.75 Å². The Morgan fingerprint density at radius 1 is 1.00 bits per heavy atom. The maximum atomic E-state index is 12.6. The van der Waals surface area contributed by atoms with Crippen LogP contribution in [0.15, 0.2) is 54.6 Å². The second-order valence-electron chi connectivity index (χ2n) is 5.35. The van der Waals surface area contributed by atoms with Crippen LogP contribution < -0.4 is 4.74 Å².